The molecule has 0 spiro atoms. The molecule has 2 saturated carbocycles. The number of nitrogens with zero attached hydrogens (tertiary/aromatic N) is 14. The first-order valence-electron chi connectivity index (χ1n) is 29.6. The maximum absolute atomic E-state index is 12.9. The van der Waals surface area contributed by atoms with Crippen LogP contribution in [0, 0.1) is 11.8 Å². The lowest BCUT2D eigenvalue weighted by Gasteiger charge is -2.18. The Kier molecular flexibility index (Phi) is 24.3. The number of aliphatic hydroxyl groups is 1. The van der Waals surface area contributed by atoms with Crippen LogP contribution in [-0.2, 0) is 19.0 Å². The van der Waals surface area contributed by atoms with Gasteiger partial charge >= 0.3 is 23.9 Å². The predicted octanol–water partition coefficient (Wildman–Crippen LogP) is 16.5. The molecular weight excluding hydrogens is 1490 g/mol. The first-order valence-corrected chi connectivity index (χ1v) is 32.7. The number of ether oxygens (including phenoxy) is 3. The molecule has 0 unspecified atom stereocenters. The minimum Gasteiger partial charge on any atom is -1.00 e. The molecule has 0 saturated heterocycles. The molecule has 524 valence electrons. The monoisotopic (exact) mass is 1560 g/mol. The third kappa shape index (κ3) is 18.1. The molecule has 25 nitrogen and oxygen atoms in total. The van der Waals surface area contributed by atoms with E-state index < -0.39 is 46.7 Å². The molecule has 4 aromatic carbocycles. The number of aromatic nitrogens is 11. The number of halogens is 6. The summed E-state index contributed by atoms with van der Waals surface area (Å²) in [6, 6.07) is 26.4. The van der Waals surface area contributed by atoms with Crippen LogP contribution in [0.15, 0.2) is 139 Å². The summed E-state index contributed by atoms with van der Waals surface area (Å²) in [6.45, 7) is 16.0. The number of aliphatic hydroxyl groups excluding tert-OH is 1. The average Bonchev–Trinajstić information content (AvgIpc) is 1.55. The van der Waals surface area contributed by atoms with Gasteiger partial charge in [0.2, 0.25) is 0 Å². The van der Waals surface area contributed by atoms with Crippen molar-refractivity contribution in [3.8, 4) is 39.3 Å². The van der Waals surface area contributed by atoms with Crippen molar-refractivity contribution in [3.05, 3.63) is 204 Å². The first kappa shape index (κ1) is 77.8. The first-order chi connectivity index (χ1) is 45.2. The number of hydrogen-bond acceptors (Lipinski definition) is 17. The second kappa shape index (κ2) is 30.9. The third-order valence-electron chi connectivity index (χ3n) is 15.1. The standard InChI is InChI=1S/C23H21ClN4O5.C23H23ClN4O4.C13H13BrClN3O2.C6H3BrClN3.3CH4.H/c1-23(2,3)33-22(32)16-10-27(26-25-16)17-5-4-12(24)8-13(17)11-6-18-14-9-15(14)20(21(30)31)28(18)19(29)7-11;1-23(2,3)32-22(31)17-10-27(26-25-17)18-5-4-13(24)8-14(18)12-6-19-15-9-16(15)20(11-29)28(19)21(30)7-12;1-13(2,3)20-12(19)10-7-18(17-16-10)11-5-4-8(15)6-9(11)14;7-5-3-4(8)1-2-6(5)10-11-9;;;;/h4-8,10,14-15,20H,9H2,1-3H3,(H,30,31);4-8,10,15-16,20,29H,9,11H2,1-3H3;4-7H,1-3H3;1-3H;3*1H4;/q;;;;;;;-1/t14-,15+,20+;15-,16+,20-;;;;;;/m11....../s1/i;;;;;;;1+1. The number of hydrogen-bond donors (Lipinski definition) is 2. The molecule has 7 heterocycles. The van der Waals surface area contributed by atoms with Crippen LogP contribution in [0.2, 0.25) is 20.1 Å². The van der Waals surface area contributed by atoms with Gasteiger partial charge < -0.3 is 30.4 Å². The van der Waals surface area contributed by atoms with Gasteiger partial charge in [0.05, 0.1) is 54.0 Å². The average molecular weight is 1570 g/mol. The number of esters is 3. The Morgan fingerprint density at radius 2 is 0.939 bits per heavy atom. The van der Waals surface area contributed by atoms with E-state index in [9.17, 15) is 39.0 Å². The topological polar surface area (TPSA) is 321 Å². The molecule has 99 heavy (non-hydrogen) atoms. The summed E-state index contributed by atoms with van der Waals surface area (Å²) in [7, 11) is 0. The van der Waals surface area contributed by atoms with Gasteiger partial charge in [0.1, 0.15) is 22.8 Å². The fourth-order valence-corrected chi connectivity index (χ4v) is 13.1. The lowest BCUT2D eigenvalue weighted by Crippen LogP contribution is -2.29. The van der Waals surface area contributed by atoms with Crippen molar-refractivity contribution in [2.75, 3.05) is 6.61 Å². The predicted molar refractivity (Wildman–Crippen MR) is 385 cm³/mol. The number of pyridine rings is 2. The molecule has 2 aliphatic heterocycles. The third-order valence-corrected chi connectivity index (χ3v) is 17.4. The number of azide groups is 1. The van der Waals surface area contributed by atoms with E-state index in [1.54, 1.807) is 146 Å². The normalized spacial score (nSPS) is 17.1. The van der Waals surface area contributed by atoms with E-state index >= 15 is 0 Å². The molecule has 9 aromatic rings. The smallest absolute Gasteiger partial charge is 0.361 e. The van der Waals surface area contributed by atoms with Gasteiger partial charge in [-0.3, -0.25) is 14.2 Å². The van der Waals surface area contributed by atoms with Crippen molar-refractivity contribution in [2.45, 2.75) is 138 Å². The molecular formula is C68H73Br2Cl4N14O11-. The number of carboxylic acid groups (broad SMARTS) is 1. The Labute approximate surface area is 608 Å². The summed E-state index contributed by atoms with van der Waals surface area (Å²) >= 11 is 30.7. The van der Waals surface area contributed by atoms with Crippen molar-refractivity contribution < 1.29 is 45.0 Å². The molecule has 2 aliphatic carbocycles. The van der Waals surface area contributed by atoms with Crippen molar-refractivity contribution >= 4 is 108 Å². The van der Waals surface area contributed by atoms with E-state index in [4.69, 9.17) is 66.1 Å². The van der Waals surface area contributed by atoms with Crippen LogP contribution in [0.4, 0.5) is 5.69 Å². The zero-order chi connectivity index (χ0) is 69.6. The number of rotatable bonds is 11. The summed E-state index contributed by atoms with van der Waals surface area (Å²) in [5.74, 6) is -2.02. The molecule has 6 atom stereocenters. The van der Waals surface area contributed by atoms with Crippen molar-refractivity contribution in [2.24, 2.45) is 17.0 Å². The van der Waals surface area contributed by atoms with Gasteiger partial charge in [0, 0.05) is 80.4 Å². The molecule has 5 aromatic heterocycles. The van der Waals surface area contributed by atoms with Gasteiger partial charge in [-0.1, -0.05) is 111 Å². The molecule has 0 amide bonds. The number of benzene rings is 4. The summed E-state index contributed by atoms with van der Waals surface area (Å²) in [6.07, 6.45) is 6.21. The van der Waals surface area contributed by atoms with E-state index in [1.165, 1.54) is 43.3 Å². The zero-order valence-electron chi connectivity index (χ0n) is 53.7. The molecule has 2 fully saturated rings. The minimum absolute atomic E-state index is 0. The van der Waals surface area contributed by atoms with E-state index in [0.29, 0.717) is 81.4 Å². The van der Waals surface area contributed by atoms with E-state index in [0.717, 1.165) is 28.7 Å². The number of carboxylic acids is 1. The zero-order valence-corrected chi connectivity index (χ0v) is 58.8. The lowest BCUT2D eigenvalue weighted by molar-refractivity contribution is -0.141. The number of carbonyl (C=O) groups is 4. The van der Waals surface area contributed by atoms with Crippen LogP contribution in [0.5, 0.6) is 0 Å². The highest BCUT2D eigenvalue weighted by atomic mass is 79.9. The molecule has 4 aliphatic rings. The van der Waals surface area contributed by atoms with Crippen LogP contribution in [0.1, 0.15) is 166 Å². The highest BCUT2D eigenvalue weighted by Crippen LogP contribution is 2.60. The quantitative estimate of drug-likeness (QED) is 0.0399. The van der Waals surface area contributed by atoms with Gasteiger partial charge in [-0.05, 0) is 198 Å². The summed E-state index contributed by atoms with van der Waals surface area (Å²) in [5.41, 5.74) is 12.7. The highest BCUT2D eigenvalue weighted by molar-refractivity contribution is 9.11. The number of aliphatic carboxylic acids is 1. The Bertz CT molecular complexity index is 4750. The second-order valence-electron chi connectivity index (χ2n) is 25.7. The van der Waals surface area contributed by atoms with Gasteiger partial charge in [0.25, 0.3) is 11.1 Å². The summed E-state index contributed by atoms with van der Waals surface area (Å²) in [4.78, 5) is 76.8. The largest absolute Gasteiger partial charge is 1.00 e. The van der Waals surface area contributed by atoms with Crippen LogP contribution in [-0.4, -0.2) is 112 Å². The number of fused-ring (bicyclic) bond motifs is 6. The SMILES string of the molecule is C.C.C.CC(C)(C)OC(=O)c1cn(-c2ccc(Cl)cc2-c2cc3n(c(=O)c2)[C@H](C(=O)O)[C@H]2C[C@@H]32)nn1.CC(C)(C)OC(=O)c1cn(-c2ccc(Cl)cc2-c2cc3n(c(=O)c2)[C@H](CO)[C@H]2C[C@@H]32)nn1.CC(C)(C)OC(=O)c1cn(-c2ccc(Cl)cc2Br)nn1.[2H-].[N-]=[N+]=Nc1ccc(Cl)cc1Br. The molecule has 0 radical (unpaired) electrons. The molecule has 2 N–H and O–H groups in total. The molecule has 31 heteroatoms. The fraction of sp³-hybridized carbons (Fsp3) is 0.353. The summed E-state index contributed by atoms with van der Waals surface area (Å²) in [5, 5.41) is 48.7. The Hall–Kier alpha value is -8.53. The van der Waals surface area contributed by atoms with Crippen LogP contribution in [0.25, 0.3) is 49.8 Å². The Morgan fingerprint density at radius 3 is 1.34 bits per heavy atom. The second-order valence-corrected chi connectivity index (χ2v) is 29.1. The van der Waals surface area contributed by atoms with Gasteiger partial charge in [-0.2, -0.15) is 0 Å². The van der Waals surface area contributed by atoms with Crippen molar-refractivity contribution in [1.82, 2.24) is 54.1 Å². The fourth-order valence-electron chi connectivity index (χ4n) is 11.1. The maximum atomic E-state index is 12.9. The minimum atomic E-state index is -0.989. The van der Waals surface area contributed by atoms with Crippen molar-refractivity contribution in [1.29, 1.82) is 0 Å². The highest BCUT2D eigenvalue weighted by Gasteiger charge is 2.56. The Morgan fingerprint density at radius 1 is 0.566 bits per heavy atom. The van der Waals surface area contributed by atoms with Crippen molar-refractivity contribution in [3.63, 3.8) is 0 Å². The number of carbonyl (C=O) groups excluding carboxylic acids is 3. The van der Waals surface area contributed by atoms with Crippen LogP contribution >= 0.6 is 78.3 Å². The van der Waals surface area contributed by atoms with E-state index in [1.807, 2.05) is 12.1 Å². The lowest BCUT2D eigenvalue weighted by atomic mass is 10.0. The molecule has 0 bridgehead atoms. The molecule has 13 rings (SSSR count). The van der Waals surface area contributed by atoms with Crippen LogP contribution < -0.4 is 11.1 Å². The maximum Gasteiger partial charge on any atom is 0.361 e. The van der Waals surface area contributed by atoms with E-state index in [2.05, 4.69) is 72.8 Å². The van der Waals surface area contributed by atoms with Crippen LogP contribution in [0.3, 0.4) is 0 Å². The van der Waals surface area contributed by atoms with Gasteiger partial charge in [-0.25, -0.2) is 33.2 Å². The van der Waals surface area contributed by atoms with Gasteiger partial charge in [-0.15, -0.1) is 15.3 Å². The Balaban J connectivity index is 0.000000220. The van der Waals surface area contributed by atoms with Gasteiger partial charge in [0.15, 0.2) is 17.1 Å². The van der Waals surface area contributed by atoms with E-state index in [-0.39, 0.29) is 76.4 Å². The summed E-state index contributed by atoms with van der Waals surface area (Å²) < 4.78 is 24.9.